The van der Waals surface area contributed by atoms with Crippen molar-refractivity contribution in [2.24, 2.45) is 0 Å². The van der Waals surface area contributed by atoms with E-state index in [1.807, 2.05) is 49.4 Å². The Morgan fingerprint density at radius 1 is 1.00 bits per heavy atom. The standard InChI is InChI=1S/C25H19N3O4S/c1-2-30-18-10-7-15(8-11-18)24-27-19-14-17(9-12-21(19)32-24)26-25(33)28-23(29)22-13-16-5-3-4-6-20(16)31-22/h3-14H,2H2,1H3,(H2,26,28,29,33). The summed E-state index contributed by atoms with van der Waals surface area (Å²) in [6, 6.07) is 22.0. The van der Waals surface area contributed by atoms with Gasteiger partial charge in [-0.2, -0.15) is 0 Å². The second kappa shape index (κ2) is 8.76. The van der Waals surface area contributed by atoms with E-state index in [9.17, 15) is 4.79 Å². The summed E-state index contributed by atoms with van der Waals surface area (Å²) in [5, 5.41) is 6.63. The molecule has 164 valence electrons. The lowest BCUT2D eigenvalue weighted by molar-refractivity contribution is 0.0953. The number of thiocarbonyl (C=S) groups is 1. The van der Waals surface area contributed by atoms with Gasteiger partial charge in [0.05, 0.1) is 6.61 Å². The fourth-order valence-electron chi connectivity index (χ4n) is 3.41. The fourth-order valence-corrected chi connectivity index (χ4v) is 3.62. The highest BCUT2D eigenvalue weighted by molar-refractivity contribution is 7.80. The first-order valence-electron chi connectivity index (χ1n) is 10.3. The van der Waals surface area contributed by atoms with E-state index in [2.05, 4.69) is 15.6 Å². The molecule has 2 aromatic heterocycles. The molecule has 0 saturated heterocycles. The number of benzene rings is 3. The molecule has 0 fully saturated rings. The number of fused-ring (bicyclic) bond motifs is 2. The number of rotatable bonds is 5. The summed E-state index contributed by atoms with van der Waals surface area (Å²) in [6.45, 7) is 2.55. The van der Waals surface area contributed by atoms with E-state index in [-0.39, 0.29) is 10.9 Å². The van der Waals surface area contributed by atoms with Crippen molar-refractivity contribution in [2.45, 2.75) is 6.92 Å². The highest BCUT2D eigenvalue weighted by Gasteiger charge is 2.14. The van der Waals surface area contributed by atoms with Gasteiger partial charge < -0.3 is 18.9 Å². The number of amides is 1. The van der Waals surface area contributed by atoms with Gasteiger partial charge in [-0.1, -0.05) is 18.2 Å². The van der Waals surface area contributed by atoms with Gasteiger partial charge in [0.25, 0.3) is 5.91 Å². The predicted octanol–water partition coefficient (Wildman–Crippen LogP) is 5.77. The van der Waals surface area contributed by atoms with Crippen molar-refractivity contribution in [2.75, 3.05) is 11.9 Å². The number of aromatic nitrogens is 1. The lowest BCUT2D eigenvalue weighted by Gasteiger charge is -2.08. The Bertz CT molecular complexity index is 1440. The number of carbonyl (C=O) groups is 1. The van der Waals surface area contributed by atoms with E-state index in [0.29, 0.717) is 34.9 Å². The lowest BCUT2D eigenvalue weighted by Crippen LogP contribution is -2.33. The molecule has 1 amide bonds. The molecule has 0 aliphatic rings. The molecule has 0 aliphatic heterocycles. The third-order valence-corrected chi connectivity index (χ3v) is 5.14. The van der Waals surface area contributed by atoms with Crippen LogP contribution < -0.4 is 15.4 Å². The first kappa shape index (κ1) is 20.7. The molecule has 2 N–H and O–H groups in total. The molecule has 0 atom stereocenters. The molecule has 0 bridgehead atoms. The van der Waals surface area contributed by atoms with Crippen molar-refractivity contribution in [3.63, 3.8) is 0 Å². The second-order valence-corrected chi connectivity index (χ2v) is 7.62. The van der Waals surface area contributed by atoms with E-state index in [1.54, 1.807) is 30.3 Å². The van der Waals surface area contributed by atoms with Gasteiger partial charge in [0.2, 0.25) is 5.89 Å². The first-order chi connectivity index (χ1) is 16.1. The molecule has 7 nitrogen and oxygen atoms in total. The van der Waals surface area contributed by atoms with Crippen molar-refractivity contribution < 1.29 is 18.4 Å². The van der Waals surface area contributed by atoms with Crippen LogP contribution in [0.5, 0.6) is 5.75 Å². The summed E-state index contributed by atoms with van der Waals surface area (Å²) < 4.78 is 16.9. The van der Waals surface area contributed by atoms with Crippen LogP contribution >= 0.6 is 12.2 Å². The van der Waals surface area contributed by atoms with Crippen LogP contribution in [0.2, 0.25) is 0 Å². The minimum absolute atomic E-state index is 0.148. The monoisotopic (exact) mass is 457 g/mol. The number of para-hydroxylation sites is 1. The van der Waals surface area contributed by atoms with Gasteiger partial charge in [0, 0.05) is 16.6 Å². The number of anilines is 1. The highest BCUT2D eigenvalue weighted by Crippen LogP contribution is 2.27. The van der Waals surface area contributed by atoms with Crippen molar-refractivity contribution in [1.82, 2.24) is 10.3 Å². The van der Waals surface area contributed by atoms with Gasteiger partial charge >= 0.3 is 0 Å². The van der Waals surface area contributed by atoms with Gasteiger partial charge in [0.1, 0.15) is 16.8 Å². The van der Waals surface area contributed by atoms with Crippen molar-refractivity contribution >= 4 is 51.0 Å². The van der Waals surface area contributed by atoms with Crippen LogP contribution in [0.25, 0.3) is 33.5 Å². The van der Waals surface area contributed by atoms with E-state index >= 15 is 0 Å². The average molecular weight is 458 g/mol. The zero-order chi connectivity index (χ0) is 22.8. The summed E-state index contributed by atoms with van der Waals surface area (Å²) >= 11 is 5.29. The third kappa shape index (κ3) is 4.42. The molecule has 2 heterocycles. The van der Waals surface area contributed by atoms with E-state index < -0.39 is 5.91 Å². The van der Waals surface area contributed by atoms with Gasteiger partial charge in [0.15, 0.2) is 16.5 Å². The normalized spacial score (nSPS) is 10.9. The Morgan fingerprint density at radius 2 is 1.82 bits per heavy atom. The van der Waals surface area contributed by atoms with E-state index in [0.717, 1.165) is 16.7 Å². The lowest BCUT2D eigenvalue weighted by atomic mass is 10.2. The smallest absolute Gasteiger partial charge is 0.293 e. The average Bonchev–Trinajstić information content (AvgIpc) is 3.44. The summed E-state index contributed by atoms with van der Waals surface area (Å²) in [5.74, 6) is 1.06. The topological polar surface area (TPSA) is 89.5 Å². The second-order valence-electron chi connectivity index (χ2n) is 7.22. The number of oxazole rings is 1. The van der Waals surface area contributed by atoms with Gasteiger partial charge in [-0.15, -0.1) is 0 Å². The summed E-state index contributed by atoms with van der Waals surface area (Å²) in [7, 11) is 0. The molecule has 0 radical (unpaired) electrons. The zero-order valence-corrected chi connectivity index (χ0v) is 18.4. The molecule has 0 spiro atoms. The van der Waals surface area contributed by atoms with Crippen LogP contribution in [0.3, 0.4) is 0 Å². The number of ether oxygens (including phenoxy) is 1. The SMILES string of the molecule is CCOc1ccc(-c2nc3cc(NC(=S)NC(=O)c4cc5ccccc5o4)ccc3o2)cc1. The summed E-state index contributed by atoms with van der Waals surface area (Å²) in [4.78, 5) is 17.1. The van der Waals surface area contributed by atoms with Gasteiger partial charge in [-0.3, -0.25) is 10.1 Å². The minimum atomic E-state index is -0.427. The van der Waals surface area contributed by atoms with Gasteiger partial charge in [-0.05, 0) is 73.7 Å². The molecule has 5 rings (SSSR count). The molecule has 0 unspecified atom stereocenters. The summed E-state index contributed by atoms with van der Waals surface area (Å²) in [5.41, 5.74) is 3.46. The van der Waals surface area contributed by atoms with Crippen LogP contribution in [0, 0.1) is 0 Å². The molecule has 33 heavy (non-hydrogen) atoms. The molecule has 0 aliphatic carbocycles. The van der Waals surface area contributed by atoms with Crippen molar-refractivity contribution in [3.05, 3.63) is 78.6 Å². The number of furan rings is 1. The maximum absolute atomic E-state index is 12.5. The third-order valence-electron chi connectivity index (χ3n) is 4.93. The number of hydrogen-bond acceptors (Lipinski definition) is 6. The highest BCUT2D eigenvalue weighted by atomic mass is 32.1. The quantitative estimate of drug-likeness (QED) is 0.324. The maximum Gasteiger partial charge on any atom is 0.293 e. The number of carbonyl (C=O) groups excluding carboxylic acids is 1. The van der Waals surface area contributed by atoms with E-state index in [4.69, 9.17) is 25.8 Å². The van der Waals surface area contributed by atoms with Crippen LogP contribution in [0.4, 0.5) is 5.69 Å². The van der Waals surface area contributed by atoms with Gasteiger partial charge in [-0.25, -0.2) is 4.98 Å². The Kier molecular flexibility index (Phi) is 5.50. The molecule has 5 aromatic rings. The Hall–Kier alpha value is -4.17. The Labute approximate surface area is 194 Å². The van der Waals surface area contributed by atoms with Crippen LogP contribution in [-0.4, -0.2) is 22.6 Å². The first-order valence-corrected chi connectivity index (χ1v) is 10.7. The van der Waals surface area contributed by atoms with Crippen LogP contribution in [-0.2, 0) is 0 Å². The predicted molar refractivity (Wildman–Crippen MR) is 131 cm³/mol. The molecule has 3 aromatic carbocycles. The number of nitrogens with one attached hydrogen (secondary N) is 2. The molecular weight excluding hydrogens is 438 g/mol. The largest absolute Gasteiger partial charge is 0.494 e. The maximum atomic E-state index is 12.5. The number of hydrogen-bond donors (Lipinski definition) is 2. The van der Waals surface area contributed by atoms with Crippen molar-refractivity contribution in [3.8, 4) is 17.2 Å². The molecular formula is C25H19N3O4S. The van der Waals surface area contributed by atoms with Crippen LogP contribution in [0.1, 0.15) is 17.5 Å². The zero-order valence-electron chi connectivity index (χ0n) is 17.6. The molecule has 8 heteroatoms. The minimum Gasteiger partial charge on any atom is -0.494 e. The Morgan fingerprint density at radius 3 is 2.61 bits per heavy atom. The number of nitrogens with zero attached hydrogens (tertiary/aromatic N) is 1. The van der Waals surface area contributed by atoms with E-state index in [1.165, 1.54) is 0 Å². The fraction of sp³-hybridized carbons (Fsp3) is 0.0800. The Balaban J connectivity index is 1.28. The molecule has 0 saturated carbocycles. The van der Waals surface area contributed by atoms with Crippen molar-refractivity contribution in [1.29, 1.82) is 0 Å². The summed E-state index contributed by atoms with van der Waals surface area (Å²) in [6.07, 6.45) is 0. The van der Waals surface area contributed by atoms with Crippen LogP contribution in [0.15, 0.2) is 81.6 Å².